The van der Waals surface area contributed by atoms with Gasteiger partial charge in [0.05, 0.1) is 0 Å². The number of aryl methyl sites for hydroxylation is 1. The summed E-state index contributed by atoms with van der Waals surface area (Å²) in [7, 11) is 0. The normalized spacial score (nSPS) is 31.2. The molecule has 1 aromatic rings. The standard InChI is InChI=1S/C14H22N2O/c1-9-7-15-14(16-8-9)13(17)12-5-4-10(2)11(3)6-12/h7-8,10-13,17H,4-6H2,1-3H3. The summed E-state index contributed by atoms with van der Waals surface area (Å²) in [4.78, 5) is 8.47. The number of aliphatic hydroxyl groups is 1. The van der Waals surface area contributed by atoms with Crippen molar-refractivity contribution in [2.75, 3.05) is 0 Å². The van der Waals surface area contributed by atoms with Crippen LogP contribution < -0.4 is 0 Å². The number of nitrogens with zero attached hydrogens (tertiary/aromatic N) is 2. The first-order valence-electron chi connectivity index (χ1n) is 6.54. The van der Waals surface area contributed by atoms with E-state index in [9.17, 15) is 5.11 Å². The highest BCUT2D eigenvalue weighted by molar-refractivity contribution is 5.04. The minimum absolute atomic E-state index is 0.323. The highest BCUT2D eigenvalue weighted by Crippen LogP contribution is 2.38. The van der Waals surface area contributed by atoms with Crippen molar-refractivity contribution in [1.82, 2.24) is 9.97 Å². The van der Waals surface area contributed by atoms with E-state index in [1.807, 2.05) is 6.92 Å². The maximum atomic E-state index is 10.3. The molecule has 1 aliphatic carbocycles. The second-order valence-corrected chi connectivity index (χ2v) is 5.59. The Kier molecular flexibility index (Phi) is 3.77. The van der Waals surface area contributed by atoms with E-state index in [2.05, 4.69) is 23.8 Å². The van der Waals surface area contributed by atoms with Gasteiger partial charge in [-0.1, -0.05) is 20.3 Å². The summed E-state index contributed by atoms with van der Waals surface area (Å²) < 4.78 is 0. The van der Waals surface area contributed by atoms with Crippen LogP contribution in [0, 0.1) is 24.7 Å². The van der Waals surface area contributed by atoms with Crippen LogP contribution in [0.1, 0.15) is 50.6 Å². The van der Waals surface area contributed by atoms with Crippen molar-refractivity contribution < 1.29 is 5.11 Å². The molecule has 1 aliphatic rings. The molecule has 0 spiro atoms. The van der Waals surface area contributed by atoms with Crippen molar-refractivity contribution in [3.05, 3.63) is 23.8 Å². The fourth-order valence-corrected chi connectivity index (χ4v) is 2.64. The van der Waals surface area contributed by atoms with Crippen molar-refractivity contribution in [1.29, 1.82) is 0 Å². The number of rotatable bonds is 2. The number of aliphatic hydroxyl groups excluding tert-OH is 1. The van der Waals surface area contributed by atoms with E-state index in [1.165, 1.54) is 6.42 Å². The van der Waals surface area contributed by atoms with E-state index >= 15 is 0 Å². The Morgan fingerprint density at radius 1 is 1.18 bits per heavy atom. The van der Waals surface area contributed by atoms with Crippen LogP contribution in [-0.4, -0.2) is 15.1 Å². The van der Waals surface area contributed by atoms with Gasteiger partial charge in [0.1, 0.15) is 6.10 Å². The monoisotopic (exact) mass is 234 g/mol. The molecule has 4 atom stereocenters. The van der Waals surface area contributed by atoms with E-state index in [1.54, 1.807) is 12.4 Å². The third kappa shape index (κ3) is 2.83. The fourth-order valence-electron chi connectivity index (χ4n) is 2.64. The molecule has 3 heteroatoms. The zero-order chi connectivity index (χ0) is 12.4. The van der Waals surface area contributed by atoms with Crippen molar-refractivity contribution in [2.24, 2.45) is 17.8 Å². The molecule has 94 valence electrons. The molecule has 1 N–H and O–H groups in total. The van der Waals surface area contributed by atoms with Crippen LogP contribution in [0.4, 0.5) is 0 Å². The Hall–Kier alpha value is -0.960. The lowest BCUT2D eigenvalue weighted by atomic mass is 9.74. The van der Waals surface area contributed by atoms with Crippen LogP contribution in [0.3, 0.4) is 0 Å². The van der Waals surface area contributed by atoms with Gasteiger partial charge in [0.2, 0.25) is 0 Å². The minimum atomic E-state index is -0.495. The highest BCUT2D eigenvalue weighted by Gasteiger charge is 2.31. The zero-order valence-electron chi connectivity index (χ0n) is 10.9. The molecule has 0 amide bonds. The predicted molar refractivity (Wildman–Crippen MR) is 67.4 cm³/mol. The second-order valence-electron chi connectivity index (χ2n) is 5.59. The summed E-state index contributed by atoms with van der Waals surface area (Å²) >= 11 is 0. The number of aromatic nitrogens is 2. The molecule has 1 fully saturated rings. The number of hydrogen-bond acceptors (Lipinski definition) is 3. The van der Waals surface area contributed by atoms with Gasteiger partial charge in [-0.25, -0.2) is 9.97 Å². The smallest absolute Gasteiger partial charge is 0.157 e. The predicted octanol–water partition coefficient (Wildman–Crippen LogP) is 2.89. The molecular formula is C14H22N2O. The van der Waals surface area contributed by atoms with Crippen molar-refractivity contribution in [3.63, 3.8) is 0 Å². The Morgan fingerprint density at radius 2 is 1.82 bits per heavy atom. The van der Waals surface area contributed by atoms with Crippen LogP contribution in [0.25, 0.3) is 0 Å². The maximum absolute atomic E-state index is 10.3. The Morgan fingerprint density at radius 3 is 2.41 bits per heavy atom. The van der Waals surface area contributed by atoms with Crippen LogP contribution in [0.5, 0.6) is 0 Å². The second kappa shape index (κ2) is 5.13. The maximum Gasteiger partial charge on any atom is 0.157 e. The van der Waals surface area contributed by atoms with E-state index in [0.717, 1.165) is 24.3 Å². The average molecular weight is 234 g/mol. The molecule has 0 saturated heterocycles. The molecule has 4 unspecified atom stereocenters. The summed E-state index contributed by atoms with van der Waals surface area (Å²) in [5, 5.41) is 10.3. The van der Waals surface area contributed by atoms with Gasteiger partial charge in [-0.3, -0.25) is 0 Å². The van der Waals surface area contributed by atoms with Crippen molar-refractivity contribution in [2.45, 2.75) is 46.1 Å². The van der Waals surface area contributed by atoms with Crippen LogP contribution >= 0.6 is 0 Å². The zero-order valence-corrected chi connectivity index (χ0v) is 10.9. The molecule has 0 aromatic carbocycles. The van der Waals surface area contributed by atoms with Gasteiger partial charge in [0.15, 0.2) is 5.82 Å². The van der Waals surface area contributed by atoms with Gasteiger partial charge in [0.25, 0.3) is 0 Å². The highest BCUT2D eigenvalue weighted by atomic mass is 16.3. The summed E-state index contributed by atoms with van der Waals surface area (Å²) in [6.45, 7) is 6.54. The Balaban J connectivity index is 2.05. The third-order valence-corrected chi connectivity index (χ3v) is 4.15. The SMILES string of the molecule is Cc1cnc(C(O)C2CCC(C)C(C)C2)nc1. The van der Waals surface area contributed by atoms with E-state index < -0.39 is 6.10 Å². The summed E-state index contributed by atoms with van der Waals surface area (Å²) in [5.41, 5.74) is 1.03. The average Bonchev–Trinajstić information content (AvgIpc) is 2.33. The minimum Gasteiger partial charge on any atom is -0.385 e. The van der Waals surface area contributed by atoms with Gasteiger partial charge in [-0.05, 0) is 43.1 Å². The molecule has 1 aromatic heterocycles. The summed E-state index contributed by atoms with van der Waals surface area (Å²) in [5.74, 6) is 2.37. The van der Waals surface area contributed by atoms with Crippen molar-refractivity contribution in [3.8, 4) is 0 Å². The number of hydrogen-bond donors (Lipinski definition) is 1. The van der Waals surface area contributed by atoms with Crippen LogP contribution in [-0.2, 0) is 0 Å². The summed E-state index contributed by atoms with van der Waals surface area (Å²) in [6, 6.07) is 0. The molecule has 0 radical (unpaired) electrons. The lowest BCUT2D eigenvalue weighted by Gasteiger charge is -2.34. The van der Waals surface area contributed by atoms with Crippen LogP contribution in [0.15, 0.2) is 12.4 Å². The molecule has 0 bridgehead atoms. The van der Waals surface area contributed by atoms with Gasteiger partial charge in [-0.2, -0.15) is 0 Å². The quantitative estimate of drug-likeness (QED) is 0.855. The van der Waals surface area contributed by atoms with E-state index in [4.69, 9.17) is 0 Å². The van der Waals surface area contributed by atoms with Gasteiger partial charge in [-0.15, -0.1) is 0 Å². The summed E-state index contributed by atoms with van der Waals surface area (Å²) in [6.07, 6.45) is 6.43. The molecule has 3 nitrogen and oxygen atoms in total. The van der Waals surface area contributed by atoms with Crippen LogP contribution in [0.2, 0.25) is 0 Å². The van der Waals surface area contributed by atoms with E-state index in [0.29, 0.717) is 17.7 Å². The first-order valence-corrected chi connectivity index (χ1v) is 6.54. The first kappa shape index (κ1) is 12.5. The molecule has 1 saturated carbocycles. The lowest BCUT2D eigenvalue weighted by Crippen LogP contribution is -2.26. The molecule has 1 heterocycles. The van der Waals surface area contributed by atoms with Gasteiger partial charge in [0, 0.05) is 12.4 Å². The first-order chi connectivity index (χ1) is 8.08. The largest absolute Gasteiger partial charge is 0.385 e. The van der Waals surface area contributed by atoms with Gasteiger partial charge >= 0.3 is 0 Å². The van der Waals surface area contributed by atoms with Crippen molar-refractivity contribution >= 4 is 0 Å². The topological polar surface area (TPSA) is 46.0 Å². The Bertz CT molecular complexity index is 363. The molecule has 0 aliphatic heterocycles. The molecular weight excluding hydrogens is 212 g/mol. The molecule has 17 heavy (non-hydrogen) atoms. The van der Waals surface area contributed by atoms with Gasteiger partial charge < -0.3 is 5.11 Å². The van der Waals surface area contributed by atoms with E-state index in [-0.39, 0.29) is 0 Å². The molecule has 2 rings (SSSR count). The lowest BCUT2D eigenvalue weighted by molar-refractivity contribution is 0.0499. The fraction of sp³-hybridized carbons (Fsp3) is 0.714. The third-order valence-electron chi connectivity index (χ3n) is 4.15. The Labute approximate surface area is 103 Å².